The predicted octanol–water partition coefficient (Wildman–Crippen LogP) is 4.01. The molecule has 2 aromatic rings. The van der Waals surface area contributed by atoms with Gasteiger partial charge in [0, 0.05) is 16.7 Å². The highest BCUT2D eigenvalue weighted by atomic mass is 35.5. The van der Waals surface area contributed by atoms with Crippen LogP contribution in [0.3, 0.4) is 0 Å². The normalized spacial score (nSPS) is 10.8. The number of nitriles is 1. The van der Waals surface area contributed by atoms with Gasteiger partial charge >= 0.3 is 0 Å². The molecule has 0 aliphatic carbocycles. The van der Waals surface area contributed by atoms with Gasteiger partial charge < -0.3 is 9.47 Å². The number of carbonyl (C=O) groups is 1. The van der Waals surface area contributed by atoms with Crippen LogP contribution < -0.4 is 14.8 Å². The molecule has 134 valence electrons. The molecule has 0 spiro atoms. The van der Waals surface area contributed by atoms with Gasteiger partial charge in [0.25, 0.3) is 0 Å². The number of benzene rings is 2. The van der Waals surface area contributed by atoms with Gasteiger partial charge in [-0.15, -0.1) is 0 Å². The molecule has 0 aliphatic rings. The van der Waals surface area contributed by atoms with E-state index in [4.69, 9.17) is 26.3 Å². The molecular formula is C18H16ClN3O3S. The van der Waals surface area contributed by atoms with Gasteiger partial charge in [-0.25, -0.2) is 4.99 Å². The average molecular weight is 390 g/mol. The third-order valence-corrected chi connectivity index (χ3v) is 4.26. The molecule has 0 aliphatic heterocycles. The van der Waals surface area contributed by atoms with E-state index in [1.807, 2.05) is 6.19 Å². The van der Waals surface area contributed by atoms with Gasteiger partial charge in [0.1, 0.15) is 0 Å². The molecule has 0 atom stereocenters. The summed E-state index contributed by atoms with van der Waals surface area (Å²) in [6.07, 6.45) is 3.59. The third-order valence-electron chi connectivity index (χ3n) is 3.43. The fourth-order valence-electron chi connectivity index (χ4n) is 2.18. The first-order valence-corrected chi connectivity index (χ1v) is 8.98. The zero-order valence-electron chi connectivity index (χ0n) is 14.4. The number of thioether (sulfide) groups is 1. The predicted molar refractivity (Wildman–Crippen MR) is 104 cm³/mol. The van der Waals surface area contributed by atoms with Crippen molar-refractivity contribution in [3.63, 3.8) is 0 Å². The number of amidine groups is 1. The number of hydrogen-bond acceptors (Lipinski definition) is 6. The van der Waals surface area contributed by atoms with E-state index in [0.29, 0.717) is 38.5 Å². The summed E-state index contributed by atoms with van der Waals surface area (Å²) in [5, 5.41) is 12.2. The topological polar surface area (TPSA) is 83.7 Å². The second-order valence-corrected chi connectivity index (χ2v) is 6.15. The number of methoxy groups -OCH3 is 2. The van der Waals surface area contributed by atoms with Crippen LogP contribution in [0.1, 0.15) is 15.9 Å². The molecule has 0 saturated carbocycles. The lowest BCUT2D eigenvalue weighted by Gasteiger charge is -2.13. The Hall–Kier alpha value is -2.69. The van der Waals surface area contributed by atoms with E-state index in [1.165, 1.54) is 26.0 Å². The van der Waals surface area contributed by atoms with Crippen LogP contribution in [0.2, 0.25) is 5.02 Å². The van der Waals surface area contributed by atoms with E-state index in [2.05, 4.69) is 10.3 Å². The summed E-state index contributed by atoms with van der Waals surface area (Å²) in [5.41, 5.74) is 1.13. The lowest BCUT2D eigenvalue weighted by Crippen LogP contribution is -2.13. The van der Waals surface area contributed by atoms with Gasteiger partial charge in [0.05, 0.1) is 25.5 Å². The van der Waals surface area contributed by atoms with Gasteiger partial charge in [0.2, 0.25) is 0 Å². The van der Waals surface area contributed by atoms with E-state index >= 15 is 0 Å². The van der Waals surface area contributed by atoms with Crippen molar-refractivity contribution in [3.8, 4) is 17.7 Å². The molecule has 0 bridgehead atoms. The second-order valence-electron chi connectivity index (χ2n) is 4.92. The maximum absolute atomic E-state index is 13.0. The first-order valence-electron chi connectivity index (χ1n) is 7.38. The number of halogens is 1. The summed E-state index contributed by atoms with van der Waals surface area (Å²) in [7, 11) is 2.98. The molecule has 8 heteroatoms. The van der Waals surface area contributed by atoms with Gasteiger partial charge in [-0.05, 0) is 36.6 Å². The van der Waals surface area contributed by atoms with Gasteiger partial charge in [-0.1, -0.05) is 23.4 Å². The van der Waals surface area contributed by atoms with E-state index in [0.717, 1.165) is 0 Å². The average Bonchev–Trinajstić information content (AvgIpc) is 2.67. The Kier molecular flexibility index (Phi) is 6.89. The zero-order valence-corrected chi connectivity index (χ0v) is 15.9. The van der Waals surface area contributed by atoms with Crippen molar-refractivity contribution in [1.82, 2.24) is 5.32 Å². The van der Waals surface area contributed by atoms with Crippen LogP contribution in [0, 0.1) is 11.5 Å². The fraction of sp³-hybridized carbons (Fsp3) is 0.167. The number of ether oxygens (including phenoxy) is 2. The Morgan fingerprint density at radius 2 is 1.81 bits per heavy atom. The number of ketones is 1. The van der Waals surface area contributed by atoms with Crippen LogP contribution in [-0.2, 0) is 0 Å². The first kappa shape index (κ1) is 19.6. The van der Waals surface area contributed by atoms with E-state index in [1.54, 1.807) is 42.7 Å². The molecule has 0 aromatic heterocycles. The van der Waals surface area contributed by atoms with Crippen LogP contribution in [0.15, 0.2) is 41.4 Å². The minimum Gasteiger partial charge on any atom is -0.493 e. The minimum atomic E-state index is -0.251. The molecule has 0 unspecified atom stereocenters. The van der Waals surface area contributed by atoms with Crippen molar-refractivity contribution in [3.05, 3.63) is 52.5 Å². The molecule has 2 aromatic carbocycles. The Labute approximate surface area is 160 Å². The van der Waals surface area contributed by atoms with Crippen molar-refractivity contribution in [2.75, 3.05) is 20.5 Å². The molecule has 0 fully saturated rings. The number of rotatable bonds is 5. The van der Waals surface area contributed by atoms with Crippen LogP contribution in [0.4, 0.5) is 5.69 Å². The highest BCUT2D eigenvalue weighted by molar-refractivity contribution is 8.13. The van der Waals surface area contributed by atoms with Crippen LogP contribution in [-0.4, -0.2) is 31.4 Å². The van der Waals surface area contributed by atoms with Crippen molar-refractivity contribution < 1.29 is 14.3 Å². The lowest BCUT2D eigenvalue weighted by molar-refractivity contribution is 0.103. The SMILES string of the molecule is COc1cc(N=C(NC#N)SC)c(C(=O)c2ccc(Cl)cc2)cc1OC. The van der Waals surface area contributed by atoms with E-state index in [9.17, 15) is 4.79 Å². The molecule has 2 rings (SSSR count). The molecule has 0 radical (unpaired) electrons. The fourth-order valence-corrected chi connectivity index (χ4v) is 2.64. The molecule has 0 amide bonds. The zero-order chi connectivity index (χ0) is 19.1. The summed E-state index contributed by atoms with van der Waals surface area (Å²) < 4.78 is 10.6. The molecular weight excluding hydrogens is 374 g/mol. The monoisotopic (exact) mass is 389 g/mol. The summed E-state index contributed by atoms with van der Waals surface area (Å²) in [6, 6.07) is 9.72. The van der Waals surface area contributed by atoms with Gasteiger partial charge in [0.15, 0.2) is 28.6 Å². The number of nitrogens with zero attached hydrogens (tertiary/aromatic N) is 2. The first-order chi connectivity index (χ1) is 12.5. The lowest BCUT2D eigenvalue weighted by atomic mass is 10.0. The standard InChI is InChI=1S/C18H16ClN3O3S/c1-24-15-8-13(17(23)11-4-6-12(19)7-5-11)14(9-16(15)25-2)22-18(26-3)21-10-20/h4-9H,1-3H3,(H,21,22). The number of aliphatic imine (C=N–C) groups is 1. The summed E-state index contributed by atoms with van der Waals surface area (Å²) in [6.45, 7) is 0. The second kappa shape index (κ2) is 9.13. The van der Waals surface area contributed by atoms with Crippen molar-refractivity contribution in [1.29, 1.82) is 5.26 Å². The molecule has 26 heavy (non-hydrogen) atoms. The largest absolute Gasteiger partial charge is 0.493 e. The quantitative estimate of drug-likeness (QED) is 0.273. The Morgan fingerprint density at radius 1 is 1.19 bits per heavy atom. The van der Waals surface area contributed by atoms with E-state index < -0.39 is 0 Å². The Morgan fingerprint density at radius 3 is 2.35 bits per heavy atom. The van der Waals surface area contributed by atoms with Crippen molar-refractivity contribution >= 4 is 40.0 Å². The minimum absolute atomic E-state index is 0.251. The summed E-state index contributed by atoms with van der Waals surface area (Å²) in [4.78, 5) is 17.4. The number of nitrogens with one attached hydrogen (secondary N) is 1. The molecule has 0 heterocycles. The van der Waals surface area contributed by atoms with Crippen LogP contribution >= 0.6 is 23.4 Å². The van der Waals surface area contributed by atoms with Gasteiger partial charge in [-0.2, -0.15) is 5.26 Å². The third kappa shape index (κ3) is 4.48. The van der Waals surface area contributed by atoms with Crippen molar-refractivity contribution in [2.24, 2.45) is 4.99 Å². The van der Waals surface area contributed by atoms with Crippen LogP contribution in [0.25, 0.3) is 0 Å². The number of hydrogen-bond donors (Lipinski definition) is 1. The molecule has 6 nitrogen and oxygen atoms in total. The molecule has 0 saturated heterocycles. The Bertz CT molecular complexity index is 876. The van der Waals surface area contributed by atoms with Gasteiger partial charge in [-0.3, -0.25) is 10.1 Å². The van der Waals surface area contributed by atoms with Crippen LogP contribution in [0.5, 0.6) is 11.5 Å². The highest BCUT2D eigenvalue weighted by Crippen LogP contribution is 2.36. The Balaban J connectivity index is 2.63. The number of carbonyl (C=O) groups excluding carboxylic acids is 1. The summed E-state index contributed by atoms with van der Waals surface area (Å²) >= 11 is 7.14. The smallest absolute Gasteiger partial charge is 0.195 e. The molecule has 1 N–H and O–H groups in total. The maximum Gasteiger partial charge on any atom is 0.195 e. The highest BCUT2D eigenvalue weighted by Gasteiger charge is 2.19. The maximum atomic E-state index is 13.0. The van der Waals surface area contributed by atoms with E-state index in [-0.39, 0.29) is 5.78 Å². The van der Waals surface area contributed by atoms with Crippen molar-refractivity contribution in [2.45, 2.75) is 0 Å². The summed E-state index contributed by atoms with van der Waals surface area (Å²) in [5.74, 6) is 0.581.